The third-order valence-corrected chi connectivity index (χ3v) is 6.64. The number of rotatable bonds is 3. The second kappa shape index (κ2) is 6.14. The van der Waals surface area contributed by atoms with Crippen LogP contribution in [0.2, 0.25) is 0 Å². The predicted octanol–water partition coefficient (Wildman–Crippen LogP) is 2.20. The fourth-order valence-electron chi connectivity index (χ4n) is 2.17. The van der Waals surface area contributed by atoms with Gasteiger partial charge in [0, 0.05) is 18.0 Å². The van der Waals surface area contributed by atoms with Crippen LogP contribution in [-0.4, -0.2) is 30.9 Å². The van der Waals surface area contributed by atoms with Crippen molar-refractivity contribution in [2.45, 2.75) is 42.9 Å². The van der Waals surface area contributed by atoms with Gasteiger partial charge >= 0.3 is 0 Å². The third-order valence-electron chi connectivity index (χ3n) is 3.20. The lowest BCUT2D eigenvalue weighted by Gasteiger charge is -2.23. The molecule has 2 rings (SSSR count). The van der Waals surface area contributed by atoms with Crippen molar-refractivity contribution in [3.8, 4) is 0 Å². The summed E-state index contributed by atoms with van der Waals surface area (Å²) in [5.74, 6) is 0. The van der Waals surface area contributed by atoms with E-state index in [-0.39, 0.29) is 6.61 Å². The van der Waals surface area contributed by atoms with Gasteiger partial charge in [-0.25, -0.2) is 8.42 Å². The van der Waals surface area contributed by atoms with E-state index in [0.717, 1.165) is 25.7 Å². The zero-order chi connectivity index (χ0) is 13.0. The summed E-state index contributed by atoms with van der Waals surface area (Å²) in [5, 5.41) is 9.01. The second-order valence-electron chi connectivity index (χ2n) is 4.55. The zero-order valence-electron chi connectivity index (χ0n) is 10.3. The van der Waals surface area contributed by atoms with Gasteiger partial charge in [-0.15, -0.1) is 11.3 Å². The number of sulfonamides is 1. The molecule has 0 spiro atoms. The van der Waals surface area contributed by atoms with Crippen LogP contribution in [-0.2, 0) is 16.6 Å². The van der Waals surface area contributed by atoms with Crippen LogP contribution in [0.25, 0.3) is 0 Å². The van der Waals surface area contributed by atoms with Crippen molar-refractivity contribution in [1.82, 2.24) is 4.31 Å². The Morgan fingerprint density at radius 1 is 1.11 bits per heavy atom. The third kappa shape index (κ3) is 3.12. The molecule has 0 atom stereocenters. The molecule has 1 aliphatic heterocycles. The van der Waals surface area contributed by atoms with E-state index in [2.05, 4.69) is 0 Å². The maximum absolute atomic E-state index is 12.4. The molecule has 102 valence electrons. The number of aliphatic hydroxyl groups is 1. The van der Waals surface area contributed by atoms with Crippen LogP contribution in [0.15, 0.2) is 16.3 Å². The molecule has 1 fully saturated rings. The van der Waals surface area contributed by atoms with Crippen molar-refractivity contribution >= 4 is 21.4 Å². The van der Waals surface area contributed by atoms with Gasteiger partial charge in [-0.1, -0.05) is 19.3 Å². The number of thiophene rings is 1. The first kappa shape index (κ1) is 14.0. The Morgan fingerprint density at radius 2 is 1.72 bits per heavy atom. The van der Waals surface area contributed by atoms with Gasteiger partial charge in [-0.3, -0.25) is 0 Å². The zero-order valence-corrected chi connectivity index (χ0v) is 12.0. The number of hydrogen-bond acceptors (Lipinski definition) is 4. The molecule has 1 aromatic rings. The Bertz CT molecular complexity index is 473. The molecule has 1 N–H and O–H groups in total. The first-order chi connectivity index (χ1) is 8.64. The minimum Gasteiger partial charge on any atom is -0.391 e. The van der Waals surface area contributed by atoms with E-state index in [1.807, 2.05) is 0 Å². The lowest BCUT2D eigenvalue weighted by atomic mass is 10.1. The molecule has 4 nitrogen and oxygen atoms in total. The monoisotopic (exact) mass is 289 g/mol. The normalized spacial score (nSPS) is 19.4. The fraction of sp³-hybridized carbons (Fsp3) is 0.667. The topological polar surface area (TPSA) is 57.6 Å². The molecular weight excluding hydrogens is 270 g/mol. The summed E-state index contributed by atoms with van der Waals surface area (Å²) in [5.41, 5.74) is 0. The van der Waals surface area contributed by atoms with Crippen LogP contribution >= 0.6 is 11.3 Å². The molecule has 0 aromatic carbocycles. The minimum absolute atomic E-state index is 0.0970. The van der Waals surface area contributed by atoms with Gasteiger partial charge in [0.05, 0.1) is 6.61 Å². The summed E-state index contributed by atoms with van der Waals surface area (Å²) in [6, 6.07) is 3.28. The number of hydrogen-bond donors (Lipinski definition) is 1. The molecule has 0 saturated carbocycles. The van der Waals surface area contributed by atoms with Gasteiger partial charge in [0.2, 0.25) is 0 Å². The maximum atomic E-state index is 12.4. The van der Waals surface area contributed by atoms with E-state index < -0.39 is 10.0 Å². The average Bonchev–Trinajstić information content (AvgIpc) is 2.76. The van der Waals surface area contributed by atoms with Crippen molar-refractivity contribution in [3.63, 3.8) is 0 Å². The van der Waals surface area contributed by atoms with E-state index in [4.69, 9.17) is 5.11 Å². The van der Waals surface area contributed by atoms with Gasteiger partial charge in [-0.2, -0.15) is 4.31 Å². The largest absolute Gasteiger partial charge is 0.391 e. The fourth-order valence-corrected chi connectivity index (χ4v) is 5.06. The van der Waals surface area contributed by atoms with Gasteiger partial charge in [0.25, 0.3) is 10.0 Å². The summed E-state index contributed by atoms with van der Waals surface area (Å²) in [7, 11) is -3.35. The van der Waals surface area contributed by atoms with Crippen LogP contribution in [0, 0.1) is 0 Å². The highest BCUT2D eigenvalue weighted by molar-refractivity contribution is 7.91. The minimum atomic E-state index is -3.35. The van der Waals surface area contributed by atoms with Crippen molar-refractivity contribution in [1.29, 1.82) is 0 Å². The first-order valence-electron chi connectivity index (χ1n) is 6.34. The van der Waals surface area contributed by atoms with Crippen molar-refractivity contribution in [3.05, 3.63) is 17.0 Å². The molecule has 1 aliphatic rings. The Kier molecular flexibility index (Phi) is 4.77. The van der Waals surface area contributed by atoms with Gasteiger partial charge < -0.3 is 5.11 Å². The molecule has 6 heteroatoms. The van der Waals surface area contributed by atoms with Crippen LogP contribution in [0.1, 0.15) is 37.0 Å². The van der Waals surface area contributed by atoms with Crippen molar-refractivity contribution < 1.29 is 13.5 Å². The molecule has 0 radical (unpaired) electrons. The predicted molar refractivity (Wildman–Crippen MR) is 72.1 cm³/mol. The molecule has 0 bridgehead atoms. The number of aliphatic hydroxyl groups excluding tert-OH is 1. The lowest BCUT2D eigenvalue weighted by Crippen LogP contribution is -2.33. The smallest absolute Gasteiger partial charge is 0.252 e. The summed E-state index contributed by atoms with van der Waals surface area (Å²) in [6.07, 6.45) is 5.31. The van der Waals surface area contributed by atoms with E-state index in [0.29, 0.717) is 22.2 Å². The molecule has 18 heavy (non-hydrogen) atoms. The van der Waals surface area contributed by atoms with Crippen LogP contribution in [0.5, 0.6) is 0 Å². The van der Waals surface area contributed by atoms with E-state index in [1.165, 1.54) is 17.8 Å². The van der Waals surface area contributed by atoms with Crippen LogP contribution in [0.3, 0.4) is 0 Å². The summed E-state index contributed by atoms with van der Waals surface area (Å²) >= 11 is 1.17. The van der Waals surface area contributed by atoms with Gasteiger partial charge in [-0.05, 0) is 25.0 Å². The van der Waals surface area contributed by atoms with E-state index >= 15 is 0 Å². The number of nitrogens with zero attached hydrogens (tertiary/aromatic N) is 1. The highest BCUT2D eigenvalue weighted by Crippen LogP contribution is 2.26. The Hall–Kier alpha value is -0.430. The molecule has 0 unspecified atom stereocenters. The molecule has 0 amide bonds. The maximum Gasteiger partial charge on any atom is 0.252 e. The quantitative estimate of drug-likeness (QED) is 0.928. The van der Waals surface area contributed by atoms with Gasteiger partial charge in [0.1, 0.15) is 4.21 Å². The molecule has 0 aliphatic carbocycles. The highest BCUT2D eigenvalue weighted by Gasteiger charge is 2.26. The van der Waals surface area contributed by atoms with Crippen LogP contribution in [0.4, 0.5) is 0 Å². The molecule has 1 saturated heterocycles. The second-order valence-corrected chi connectivity index (χ2v) is 7.88. The van der Waals surface area contributed by atoms with Crippen LogP contribution < -0.4 is 0 Å². The van der Waals surface area contributed by atoms with Crippen molar-refractivity contribution in [2.75, 3.05) is 13.1 Å². The van der Waals surface area contributed by atoms with E-state index in [1.54, 1.807) is 16.4 Å². The Labute approximate surface area is 112 Å². The van der Waals surface area contributed by atoms with Gasteiger partial charge in [0.15, 0.2) is 0 Å². The lowest BCUT2D eigenvalue weighted by molar-refractivity contribution is 0.285. The Morgan fingerprint density at radius 3 is 2.28 bits per heavy atom. The summed E-state index contributed by atoms with van der Waals surface area (Å²) in [6.45, 7) is 1.14. The summed E-state index contributed by atoms with van der Waals surface area (Å²) in [4.78, 5) is 0.695. The highest BCUT2D eigenvalue weighted by atomic mass is 32.2. The molecule has 2 heterocycles. The summed E-state index contributed by atoms with van der Waals surface area (Å²) < 4.78 is 26.8. The SMILES string of the molecule is O=S(=O)(c1ccc(CO)s1)N1CCCCCCC1. The average molecular weight is 289 g/mol. The Balaban J connectivity index is 2.17. The van der Waals surface area contributed by atoms with E-state index in [9.17, 15) is 8.42 Å². The first-order valence-corrected chi connectivity index (χ1v) is 8.60. The molecular formula is C12H19NO3S2. The standard InChI is InChI=1S/C12H19NO3S2/c14-10-11-6-7-12(17-11)18(15,16)13-8-4-2-1-3-5-9-13/h6-7,14H,1-5,8-10H2. The molecule has 1 aromatic heterocycles. The van der Waals surface area contributed by atoms with Crippen molar-refractivity contribution in [2.24, 2.45) is 0 Å².